The largest absolute Gasteiger partial charge is 0.481 e. The molecule has 0 unspecified atom stereocenters. The SMILES string of the molecule is O=C(O)CCCCCC(=O)OSc1ccccc1. The van der Waals surface area contributed by atoms with Crippen LogP contribution in [0.2, 0.25) is 0 Å². The predicted octanol–water partition coefficient (Wildman–Crippen LogP) is 3.27. The molecule has 1 aromatic carbocycles. The topological polar surface area (TPSA) is 63.6 Å². The number of carbonyl (C=O) groups excluding carboxylic acids is 1. The van der Waals surface area contributed by atoms with Crippen LogP contribution in [0.5, 0.6) is 0 Å². The van der Waals surface area contributed by atoms with Crippen molar-refractivity contribution in [2.24, 2.45) is 0 Å². The lowest BCUT2D eigenvalue weighted by Crippen LogP contribution is -1.99. The van der Waals surface area contributed by atoms with E-state index in [0.717, 1.165) is 23.4 Å². The summed E-state index contributed by atoms with van der Waals surface area (Å²) in [5, 5.41) is 8.44. The van der Waals surface area contributed by atoms with Crippen molar-refractivity contribution >= 4 is 24.0 Å². The summed E-state index contributed by atoms with van der Waals surface area (Å²) < 4.78 is 5.02. The van der Waals surface area contributed by atoms with E-state index in [4.69, 9.17) is 9.29 Å². The maximum absolute atomic E-state index is 11.4. The van der Waals surface area contributed by atoms with E-state index in [1.165, 1.54) is 0 Å². The van der Waals surface area contributed by atoms with E-state index in [2.05, 4.69) is 0 Å². The number of benzene rings is 1. The first-order chi connectivity index (χ1) is 8.68. The minimum absolute atomic E-state index is 0.161. The second kappa shape index (κ2) is 8.58. The third-order valence-electron chi connectivity index (χ3n) is 2.25. The maximum atomic E-state index is 11.4. The molecule has 98 valence electrons. The monoisotopic (exact) mass is 268 g/mol. The molecule has 0 aromatic heterocycles. The van der Waals surface area contributed by atoms with Gasteiger partial charge in [0.1, 0.15) is 0 Å². The molecule has 0 spiro atoms. The Bertz CT molecular complexity index is 378. The van der Waals surface area contributed by atoms with Crippen LogP contribution in [0.4, 0.5) is 0 Å². The smallest absolute Gasteiger partial charge is 0.318 e. The van der Waals surface area contributed by atoms with Crippen molar-refractivity contribution in [3.63, 3.8) is 0 Å². The van der Waals surface area contributed by atoms with Crippen molar-refractivity contribution in [3.8, 4) is 0 Å². The van der Waals surface area contributed by atoms with Gasteiger partial charge < -0.3 is 9.29 Å². The molecule has 4 nitrogen and oxygen atoms in total. The molecule has 0 aliphatic heterocycles. The number of rotatable bonds is 8. The third kappa shape index (κ3) is 6.96. The number of hydrogen-bond acceptors (Lipinski definition) is 4. The Hall–Kier alpha value is -1.49. The van der Waals surface area contributed by atoms with Crippen LogP contribution >= 0.6 is 12.0 Å². The Labute approximate surface area is 111 Å². The number of unbranched alkanes of at least 4 members (excludes halogenated alkanes) is 2. The second-order valence-electron chi connectivity index (χ2n) is 3.81. The van der Waals surface area contributed by atoms with Gasteiger partial charge in [-0.2, -0.15) is 0 Å². The van der Waals surface area contributed by atoms with Gasteiger partial charge in [-0.1, -0.05) is 24.6 Å². The highest BCUT2D eigenvalue weighted by Crippen LogP contribution is 2.19. The number of hydrogen-bond donors (Lipinski definition) is 1. The van der Waals surface area contributed by atoms with E-state index in [9.17, 15) is 9.59 Å². The Balaban J connectivity index is 2.06. The van der Waals surface area contributed by atoms with Crippen molar-refractivity contribution in [1.82, 2.24) is 0 Å². The summed E-state index contributed by atoms with van der Waals surface area (Å²) in [7, 11) is 0. The summed E-state index contributed by atoms with van der Waals surface area (Å²) in [5.74, 6) is -1.06. The van der Waals surface area contributed by atoms with Crippen LogP contribution in [0.1, 0.15) is 32.1 Å². The first-order valence-corrected chi connectivity index (χ1v) is 6.57. The molecular formula is C13H16O4S. The lowest BCUT2D eigenvalue weighted by Gasteiger charge is -2.02. The standard InChI is InChI=1S/C13H16O4S/c14-12(15)9-5-2-6-10-13(16)17-18-11-7-3-1-4-8-11/h1,3-4,7-8H,2,5-6,9-10H2,(H,14,15). The zero-order valence-corrected chi connectivity index (χ0v) is 10.8. The molecule has 5 heteroatoms. The van der Waals surface area contributed by atoms with Gasteiger partial charge in [0, 0.05) is 17.7 Å². The zero-order valence-electron chi connectivity index (χ0n) is 10.0. The minimum atomic E-state index is -0.794. The van der Waals surface area contributed by atoms with Crippen molar-refractivity contribution in [2.75, 3.05) is 0 Å². The van der Waals surface area contributed by atoms with Crippen molar-refractivity contribution < 1.29 is 18.9 Å². The van der Waals surface area contributed by atoms with E-state index in [1.54, 1.807) is 0 Å². The van der Waals surface area contributed by atoms with Crippen LogP contribution < -0.4 is 0 Å². The Kier molecular flexibility index (Phi) is 6.94. The van der Waals surface area contributed by atoms with E-state index in [0.29, 0.717) is 19.3 Å². The summed E-state index contributed by atoms with van der Waals surface area (Å²) >= 11 is 1.05. The van der Waals surface area contributed by atoms with E-state index in [-0.39, 0.29) is 12.4 Å². The Morgan fingerprint density at radius 2 is 1.72 bits per heavy atom. The molecule has 0 radical (unpaired) electrons. The molecular weight excluding hydrogens is 252 g/mol. The van der Waals surface area contributed by atoms with Gasteiger partial charge in [0.05, 0.1) is 12.0 Å². The fraction of sp³-hybridized carbons (Fsp3) is 0.385. The first-order valence-electron chi connectivity index (χ1n) is 5.82. The van der Waals surface area contributed by atoms with Gasteiger partial charge >= 0.3 is 11.9 Å². The van der Waals surface area contributed by atoms with E-state index in [1.807, 2.05) is 30.3 Å². The van der Waals surface area contributed by atoms with E-state index >= 15 is 0 Å². The lowest BCUT2D eigenvalue weighted by atomic mass is 10.1. The first kappa shape index (κ1) is 14.6. The molecule has 0 bridgehead atoms. The highest BCUT2D eigenvalue weighted by atomic mass is 32.2. The molecule has 0 atom stereocenters. The van der Waals surface area contributed by atoms with Crippen LogP contribution in [0, 0.1) is 0 Å². The molecule has 0 aliphatic rings. The summed E-state index contributed by atoms with van der Waals surface area (Å²) in [6, 6.07) is 9.38. The molecule has 18 heavy (non-hydrogen) atoms. The van der Waals surface area contributed by atoms with Gasteiger partial charge in [0.15, 0.2) is 0 Å². The van der Waals surface area contributed by atoms with Crippen LogP contribution in [0.15, 0.2) is 35.2 Å². The normalized spacial score (nSPS) is 10.0. The summed E-state index contributed by atoms with van der Waals surface area (Å²) in [6.45, 7) is 0. The zero-order chi connectivity index (χ0) is 13.2. The number of carbonyl (C=O) groups is 2. The summed E-state index contributed by atoms with van der Waals surface area (Å²) in [5.41, 5.74) is 0. The summed E-state index contributed by atoms with van der Waals surface area (Å²) in [4.78, 5) is 22.5. The molecule has 1 rings (SSSR count). The van der Waals surface area contributed by atoms with Crippen LogP contribution in [0.3, 0.4) is 0 Å². The number of carboxylic acid groups (broad SMARTS) is 1. The molecule has 1 aromatic rings. The summed E-state index contributed by atoms with van der Waals surface area (Å²) in [6.07, 6.45) is 2.50. The van der Waals surface area contributed by atoms with Crippen LogP contribution in [-0.4, -0.2) is 17.0 Å². The molecule has 0 fully saturated rings. The van der Waals surface area contributed by atoms with Gasteiger partial charge in [0.25, 0.3) is 0 Å². The molecule has 0 saturated heterocycles. The third-order valence-corrected chi connectivity index (χ3v) is 2.98. The van der Waals surface area contributed by atoms with Crippen LogP contribution in [-0.2, 0) is 13.8 Å². The van der Waals surface area contributed by atoms with Gasteiger partial charge in [-0.05, 0) is 25.0 Å². The Morgan fingerprint density at radius 1 is 1.06 bits per heavy atom. The predicted molar refractivity (Wildman–Crippen MR) is 69.1 cm³/mol. The average Bonchev–Trinajstić information content (AvgIpc) is 2.37. The average molecular weight is 268 g/mol. The molecule has 1 N–H and O–H groups in total. The van der Waals surface area contributed by atoms with E-state index < -0.39 is 5.97 Å². The number of carboxylic acids is 1. The van der Waals surface area contributed by atoms with Gasteiger partial charge in [-0.3, -0.25) is 9.59 Å². The van der Waals surface area contributed by atoms with Crippen molar-refractivity contribution in [1.29, 1.82) is 0 Å². The van der Waals surface area contributed by atoms with Crippen molar-refractivity contribution in [3.05, 3.63) is 30.3 Å². The molecule has 0 amide bonds. The molecule has 0 aliphatic carbocycles. The molecule has 0 heterocycles. The highest BCUT2D eigenvalue weighted by Gasteiger charge is 2.05. The second-order valence-corrected chi connectivity index (χ2v) is 4.61. The van der Waals surface area contributed by atoms with Crippen LogP contribution in [0.25, 0.3) is 0 Å². The fourth-order valence-electron chi connectivity index (χ4n) is 1.33. The fourth-order valence-corrected chi connectivity index (χ4v) is 1.88. The van der Waals surface area contributed by atoms with Gasteiger partial charge in [-0.15, -0.1) is 0 Å². The van der Waals surface area contributed by atoms with Gasteiger partial charge in [0.2, 0.25) is 0 Å². The Morgan fingerprint density at radius 3 is 2.39 bits per heavy atom. The lowest BCUT2D eigenvalue weighted by molar-refractivity contribution is -0.137. The maximum Gasteiger partial charge on any atom is 0.318 e. The highest BCUT2D eigenvalue weighted by molar-refractivity contribution is 7.95. The quantitative estimate of drug-likeness (QED) is 0.579. The minimum Gasteiger partial charge on any atom is -0.481 e. The number of aliphatic carboxylic acids is 1. The molecule has 0 saturated carbocycles. The van der Waals surface area contributed by atoms with Gasteiger partial charge in [-0.25, -0.2) is 0 Å². The van der Waals surface area contributed by atoms with Crippen molar-refractivity contribution in [2.45, 2.75) is 37.0 Å².